The Morgan fingerprint density at radius 2 is 1.59 bits per heavy atom. The van der Waals surface area contributed by atoms with Gasteiger partial charge in [0.05, 0.1) is 12.4 Å². The summed E-state index contributed by atoms with van der Waals surface area (Å²) in [5.41, 5.74) is 13.1. The van der Waals surface area contributed by atoms with Crippen molar-refractivity contribution in [3.05, 3.63) is 54.1 Å². The summed E-state index contributed by atoms with van der Waals surface area (Å²) < 4.78 is 0. The Bertz CT molecular complexity index is 1050. The highest BCUT2D eigenvalue weighted by Gasteiger charge is 2.31. The van der Waals surface area contributed by atoms with E-state index >= 15 is 0 Å². The topological polar surface area (TPSA) is 205 Å². The summed E-state index contributed by atoms with van der Waals surface area (Å²) in [6.07, 6.45) is 5.14. The molecule has 0 spiro atoms. The molecule has 1 heterocycles. The molecular weight excluding hydrogens is 502 g/mol. The number of hydrogen-bond acceptors (Lipinski definition) is 7. The minimum Gasteiger partial charge on any atom is -0.480 e. The summed E-state index contributed by atoms with van der Waals surface area (Å²) in [6.45, 7) is 4.18. The van der Waals surface area contributed by atoms with Crippen LogP contribution >= 0.6 is 0 Å². The van der Waals surface area contributed by atoms with Gasteiger partial charge in [-0.15, -0.1) is 0 Å². The number of rotatable bonds is 17. The van der Waals surface area contributed by atoms with Gasteiger partial charge in [-0.25, -0.2) is 9.78 Å². The van der Waals surface area contributed by atoms with Crippen LogP contribution in [0.15, 0.2) is 42.9 Å². The first-order valence-electron chi connectivity index (χ1n) is 13.3. The summed E-state index contributed by atoms with van der Waals surface area (Å²) in [5.74, 6) is -3.00. The lowest BCUT2D eigenvalue weighted by Crippen LogP contribution is -2.58. The van der Waals surface area contributed by atoms with Crippen LogP contribution in [0.3, 0.4) is 0 Å². The number of carbonyl (C=O) groups excluding carboxylic acids is 3. The van der Waals surface area contributed by atoms with E-state index in [4.69, 9.17) is 11.5 Å². The number of nitrogens with zero attached hydrogens (tertiary/aromatic N) is 1. The van der Waals surface area contributed by atoms with Crippen molar-refractivity contribution in [2.24, 2.45) is 17.4 Å². The molecule has 0 saturated heterocycles. The Balaban J connectivity index is 2.21. The number of nitrogens with one attached hydrogen (secondary N) is 4. The lowest BCUT2D eigenvalue weighted by molar-refractivity contribution is -0.142. The number of unbranched alkanes of at least 4 members (excludes halogenated alkanes) is 1. The number of carboxylic acid groups (broad SMARTS) is 1. The molecule has 0 fully saturated rings. The van der Waals surface area contributed by atoms with Crippen LogP contribution < -0.4 is 27.4 Å². The van der Waals surface area contributed by atoms with E-state index in [2.05, 4.69) is 25.9 Å². The molecule has 12 heteroatoms. The number of H-pyrrole nitrogens is 1. The van der Waals surface area contributed by atoms with E-state index in [1.807, 2.05) is 44.2 Å². The number of nitrogens with two attached hydrogens (primary N) is 2. The predicted molar refractivity (Wildman–Crippen MR) is 146 cm³/mol. The maximum Gasteiger partial charge on any atom is 0.326 e. The largest absolute Gasteiger partial charge is 0.480 e. The van der Waals surface area contributed by atoms with Gasteiger partial charge in [-0.2, -0.15) is 0 Å². The van der Waals surface area contributed by atoms with Gasteiger partial charge in [-0.3, -0.25) is 14.4 Å². The number of aromatic nitrogens is 2. The molecule has 2 rings (SSSR count). The summed E-state index contributed by atoms with van der Waals surface area (Å²) in [4.78, 5) is 58.1. The molecule has 0 saturated carbocycles. The highest BCUT2D eigenvalue weighted by Crippen LogP contribution is 2.10. The Kier molecular flexibility index (Phi) is 13.1. The predicted octanol–water partition coefficient (Wildman–Crippen LogP) is 0.236. The highest BCUT2D eigenvalue weighted by atomic mass is 16.4. The summed E-state index contributed by atoms with van der Waals surface area (Å²) in [5, 5.41) is 17.6. The van der Waals surface area contributed by atoms with Crippen LogP contribution in [0.25, 0.3) is 0 Å². The third-order valence-corrected chi connectivity index (χ3v) is 6.65. The Morgan fingerprint density at radius 1 is 0.949 bits per heavy atom. The zero-order chi connectivity index (χ0) is 28.8. The number of aromatic amines is 1. The molecule has 1 aromatic carbocycles. The van der Waals surface area contributed by atoms with Crippen LogP contribution in [-0.2, 0) is 32.0 Å². The molecule has 39 heavy (non-hydrogen) atoms. The van der Waals surface area contributed by atoms with E-state index in [0.717, 1.165) is 5.56 Å². The van der Waals surface area contributed by atoms with Crippen molar-refractivity contribution >= 4 is 23.7 Å². The number of carboxylic acids is 1. The van der Waals surface area contributed by atoms with Gasteiger partial charge in [0.15, 0.2) is 0 Å². The average molecular weight is 544 g/mol. The Hall–Kier alpha value is -3.77. The van der Waals surface area contributed by atoms with Crippen LogP contribution in [-0.4, -0.2) is 69.5 Å². The fourth-order valence-electron chi connectivity index (χ4n) is 3.96. The molecule has 1 aromatic heterocycles. The standard InChI is InChI=1S/C27H41N7O5/c1-3-17(2)23(29)26(37)33-21(13-18-9-5-4-6-10-18)25(36)32-20(11-7-8-12-28)24(35)34-22(27(38)39)14-19-15-30-16-31-19/h4-6,9-10,15-17,20-23H,3,7-8,11-14,28-29H2,1-2H3,(H,30,31)(H,32,36)(H,33,37)(H,34,35)(H,38,39). The van der Waals surface area contributed by atoms with Gasteiger partial charge in [0, 0.05) is 24.7 Å². The van der Waals surface area contributed by atoms with Gasteiger partial charge in [0.2, 0.25) is 17.7 Å². The second kappa shape index (κ2) is 16.2. The molecule has 3 amide bonds. The monoisotopic (exact) mass is 543 g/mol. The first kappa shape index (κ1) is 31.4. The van der Waals surface area contributed by atoms with Crippen LogP contribution in [0.5, 0.6) is 0 Å². The van der Waals surface area contributed by atoms with Crippen molar-refractivity contribution < 1.29 is 24.3 Å². The Morgan fingerprint density at radius 3 is 2.18 bits per heavy atom. The third-order valence-electron chi connectivity index (χ3n) is 6.65. The SMILES string of the molecule is CCC(C)C(N)C(=O)NC(Cc1ccccc1)C(=O)NC(CCCCN)C(=O)NC(Cc1cnc[nH]1)C(=O)O. The minimum atomic E-state index is -1.24. The van der Waals surface area contributed by atoms with E-state index < -0.39 is 47.9 Å². The van der Waals surface area contributed by atoms with Gasteiger partial charge >= 0.3 is 5.97 Å². The first-order valence-corrected chi connectivity index (χ1v) is 13.3. The van der Waals surface area contributed by atoms with Crippen molar-refractivity contribution in [3.8, 4) is 0 Å². The lowest BCUT2D eigenvalue weighted by Gasteiger charge is -2.26. The van der Waals surface area contributed by atoms with Gasteiger partial charge < -0.3 is 37.5 Å². The van der Waals surface area contributed by atoms with E-state index in [-0.39, 0.29) is 25.2 Å². The van der Waals surface area contributed by atoms with Gasteiger partial charge in [0.1, 0.15) is 18.1 Å². The second-order valence-electron chi connectivity index (χ2n) is 9.69. The van der Waals surface area contributed by atoms with E-state index in [9.17, 15) is 24.3 Å². The molecule has 0 radical (unpaired) electrons. The van der Waals surface area contributed by atoms with Crippen molar-refractivity contribution in [2.45, 2.75) is 76.5 Å². The second-order valence-corrected chi connectivity index (χ2v) is 9.69. The molecule has 5 unspecified atom stereocenters. The van der Waals surface area contributed by atoms with Gasteiger partial charge in [-0.05, 0) is 37.3 Å². The van der Waals surface area contributed by atoms with Crippen molar-refractivity contribution in [1.82, 2.24) is 25.9 Å². The molecule has 12 nitrogen and oxygen atoms in total. The minimum absolute atomic E-state index is 0.00920. The van der Waals surface area contributed by atoms with E-state index in [0.29, 0.717) is 31.5 Å². The zero-order valence-corrected chi connectivity index (χ0v) is 22.6. The quantitative estimate of drug-likeness (QED) is 0.137. The fraction of sp³-hybridized carbons (Fsp3) is 0.519. The fourth-order valence-corrected chi connectivity index (χ4v) is 3.96. The maximum absolute atomic E-state index is 13.5. The van der Waals surface area contributed by atoms with Crippen LogP contribution in [0, 0.1) is 5.92 Å². The van der Waals surface area contributed by atoms with Crippen molar-refractivity contribution in [2.75, 3.05) is 6.54 Å². The molecule has 0 aliphatic rings. The average Bonchev–Trinajstić information content (AvgIpc) is 3.44. The molecule has 5 atom stereocenters. The van der Waals surface area contributed by atoms with Crippen molar-refractivity contribution in [1.29, 1.82) is 0 Å². The van der Waals surface area contributed by atoms with E-state index in [1.165, 1.54) is 12.5 Å². The van der Waals surface area contributed by atoms with Crippen LogP contribution in [0.1, 0.15) is 50.8 Å². The maximum atomic E-state index is 13.5. The summed E-state index contributed by atoms with van der Waals surface area (Å²) in [7, 11) is 0. The van der Waals surface area contributed by atoms with Gasteiger partial charge in [-0.1, -0.05) is 50.6 Å². The number of amides is 3. The molecule has 0 aliphatic carbocycles. The lowest BCUT2D eigenvalue weighted by atomic mass is 9.98. The number of hydrogen-bond donors (Lipinski definition) is 7. The number of imidazole rings is 1. The first-order chi connectivity index (χ1) is 18.7. The molecule has 9 N–H and O–H groups in total. The molecule has 214 valence electrons. The molecule has 2 aromatic rings. The smallest absolute Gasteiger partial charge is 0.326 e. The highest BCUT2D eigenvalue weighted by molar-refractivity contribution is 5.94. The van der Waals surface area contributed by atoms with Crippen molar-refractivity contribution in [3.63, 3.8) is 0 Å². The number of aliphatic carboxylic acids is 1. The Labute approximate surface area is 228 Å². The molecule has 0 aliphatic heterocycles. The van der Waals surface area contributed by atoms with Crippen LogP contribution in [0.2, 0.25) is 0 Å². The molecule has 0 bridgehead atoms. The zero-order valence-electron chi connectivity index (χ0n) is 22.6. The van der Waals surface area contributed by atoms with Gasteiger partial charge in [0.25, 0.3) is 0 Å². The summed E-state index contributed by atoms with van der Waals surface area (Å²) >= 11 is 0. The summed E-state index contributed by atoms with van der Waals surface area (Å²) in [6, 6.07) is 5.08. The normalized spacial score (nSPS) is 14.9. The number of benzene rings is 1. The third kappa shape index (κ3) is 10.5. The van der Waals surface area contributed by atoms with E-state index in [1.54, 1.807) is 0 Å². The molecular formula is C27H41N7O5. The van der Waals surface area contributed by atoms with Crippen LogP contribution in [0.4, 0.5) is 0 Å². The number of carbonyl (C=O) groups is 4.